The molecule has 0 bridgehead atoms. The minimum Gasteiger partial charge on any atom is -0.493 e. The van der Waals surface area contributed by atoms with E-state index in [2.05, 4.69) is 39.3 Å². The number of nitrogens with zero attached hydrogens (tertiary/aromatic N) is 2. The molecule has 1 fully saturated rings. The van der Waals surface area contributed by atoms with E-state index < -0.39 is 0 Å². The van der Waals surface area contributed by atoms with E-state index in [9.17, 15) is 0 Å². The maximum atomic E-state index is 5.58. The lowest BCUT2D eigenvalue weighted by Crippen LogP contribution is -2.42. The van der Waals surface area contributed by atoms with E-state index in [1.165, 1.54) is 56.3 Å². The van der Waals surface area contributed by atoms with Crippen LogP contribution in [0.15, 0.2) is 30.6 Å². The van der Waals surface area contributed by atoms with Crippen LogP contribution in [0.25, 0.3) is 0 Å². The Balaban J connectivity index is 1.58. The van der Waals surface area contributed by atoms with E-state index in [0.29, 0.717) is 6.04 Å². The fourth-order valence-electron chi connectivity index (χ4n) is 4.89. The van der Waals surface area contributed by atoms with Crippen molar-refractivity contribution in [1.29, 1.82) is 0 Å². The number of benzene rings is 1. The molecule has 146 valence electrons. The smallest absolute Gasteiger partial charge is 0.161 e. The summed E-state index contributed by atoms with van der Waals surface area (Å²) in [5.74, 6) is 2.82. The van der Waals surface area contributed by atoms with Crippen LogP contribution < -0.4 is 14.8 Å². The zero-order chi connectivity index (χ0) is 18.7. The summed E-state index contributed by atoms with van der Waals surface area (Å²) >= 11 is 0. The van der Waals surface area contributed by atoms with Crippen molar-refractivity contribution >= 4 is 0 Å². The predicted molar refractivity (Wildman–Crippen MR) is 107 cm³/mol. The van der Waals surface area contributed by atoms with Gasteiger partial charge in [0.2, 0.25) is 0 Å². The summed E-state index contributed by atoms with van der Waals surface area (Å²) in [5, 5.41) is 3.88. The van der Waals surface area contributed by atoms with Crippen molar-refractivity contribution in [1.82, 2.24) is 14.9 Å². The fourth-order valence-corrected chi connectivity index (χ4v) is 4.89. The van der Waals surface area contributed by atoms with Gasteiger partial charge in [-0.2, -0.15) is 0 Å². The van der Waals surface area contributed by atoms with Crippen molar-refractivity contribution in [2.45, 2.75) is 62.9 Å². The van der Waals surface area contributed by atoms with E-state index in [0.717, 1.165) is 24.6 Å². The lowest BCUT2D eigenvalue weighted by atomic mass is 9.69. The van der Waals surface area contributed by atoms with E-state index in [1.54, 1.807) is 14.2 Å². The molecule has 5 nitrogen and oxygen atoms in total. The number of aryl methyl sites for hydroxylation is 1. The molecule has 4 rings (SSSR count). The highest BCUT2D eigenvalue weighted by Crippen LogP contribution is 2.42. The number of methoxy groups -OCH3 is 2. The van der Waals surface area contributed by atoms with Crippen LogP contribution in [0.2, 0.25) is 0 Å². The molecular formula is C22H31N3O2. The molecule has 1 saturated carbocycles. The van der Waals surface area contributed by atoms with Crippen molar-refractivity contribution in [3.63, 3.8) is 0 Å². The topological polar surface area (TPSA) is 48.3 Å². The normalized spacial score (nSPS) is 21.5. The van der Waals surface area contributed by atoms with Gasteiger partial charge in [0, 0.05) is 30.9 Å². The molecule has 1 N–H and O–H groups in total. The molecule has 1 aromatic carbocycles. The van der Waals surface area contributed by atoms with Gasteiger partial charge in [0.15, 0.2) is 11.5 Å². The highest BCUT2D eigenvalue weighted by atomic mass is 16.5. The van der Waals surface area contributed by atoms with Crippen LogP contribution in [0.5, 0.6) is 11.5 Å². The first kappa shape index (κ1) is 18.4. The maximum Gasteiger partial charge on any atom is 0.161 e. The predicted octanol–water partition coefficient (Wildman–Crippen LogP) is 4.23. The number of fused-ring (bicyclic) bond motifs is 1. The molecule has 1 unspecified atom stereocenters. The Bertz CT molecular complexity index is 765. The van der Waals surface area contributed by atoms with Crippen LogP contribution in [0, 0.1) is 0 Å². The van der Waals surface area contributed by atoms with Crippen molar-refractivity contribution < 1.29 is 9.47 Å². The van der Waals surface area contributed by atoms with Gasteiger partial charge >= 0.3 is 0 Å². The molecule has 2 heterocycles. The molecule has 1 aliphatic carbocycles. The second-order valence-corrected chi connectivity index (χ2v) is 7.97. The highest BCUT2D eigenvalue weighted by molar-refractivity contribution is 5.45. The van der Waals surface area contributed by atoms with Crippen LogP contribution >= 0.6 is 0 Å². The lowest BCUT2D eigenvalue weighted by molar-refractivity contribution is 0.256. The first-order chi connectivity index (χ1) is 13.3. The number of hydrogen-bond acceptors (Lipinski definition) is 4. The Morgan fingerprint density at radius 3 is 2.70 bits per heavy atom. The van der Waals surface area contributed by atoms with Crippen molar-refractivity contribution in [2.24, 2.45) is 0 Å². The van der Waals surface area contributed by atoms with Crippen LogP contribution in [0.3, 0.4) is 0 Å². The molecule has 27 heavy (non-hydrogen) atoms. The molecule has 5 heteroatoms. The maximum absolute atomic E-state index is 5.58. The molecule has 0 spiro atoms. The Morgan fingerprint density at radius 1 is 1.11 bits per heavy atom. The Kier molecular flexibility index (Phi) is 5.39. The standard InChI is InChI=1S/C22H31N3O2/c1-26-19-9-8-17(15-20(19)27-2)22(10-4-3-5-11-22)16-24-18-7-6-13-25-14-12-23-21(18)25/h8-9,12,14-15,18,24H,3-7,10-11,13,16H2,1-2H3. The molecule has 2 aliphatic rings. The highest BCUT2D eigenvalue weighted by Gasteiger charge is 2.35. The molecule has 1 aliphatic heterocycles. The second kappa shape index (κ2) is 7.93. The summed E-state index contributed by atoms with van der Waals surface area (Å²) < 4.78 is 13.3. The Morgan fingerprint density at radius 2 is 1.93 bits per heavy atom. The van der Waals surface area contributed by atoms with Crippen LogP contribution in [0.4, 0.5) is 0 Å². The minimum absolute atomic E-state index is 0.159. The summed E-state index contributed by atoms with van der Waals surface area (Å²) in [7, 11) is 3.41. The van der Waals surface area contributed by atoms with Gasteiger partial charge in [0.1, 0.15) is 5.82 Å². The van der Waals surface area contributed by atoms with Crippen molar-refractivity contribution in [3.05, 3.63) is 42.0 Å². The first-order valence-electron chi connectivity index (χ1n) is 10.2. The Labute approximate surface area is 162 Å². The van der Waals surface area contributed by atoms with Crippen LogP contribution in [0.1, 0.15) is 62.4 Å². The number of imidazole rings is 1. The number of rotatable bonds is 6. The zero-order valence-corrected chi connectivity index (χ0v) is 16.5. The molecule has 1 aromatic heterocycles. The molecular weight excluding hydrogens is 338 g/mol. The van der Waals surface area contributed by atoms with Gasteiger partial charge in [-0.1, -0.05) is 25.3 Å². The lowest BCUT2D eigenvalue weighted by Gasteiger charge is -2.40. The molecule has 2 aromatic rings. The van der Waals surface area contributed by atoms with E-state index >= 15 is 0 Å². The van der Waals surface area contributed by atoms with Gasteiger partial charge in [0.05, 0.1) is 20.3 Å². The SMILES string of the molecule is COc1ccc(C2(CNC3CCCn4ccnc43)CCCCC2)cc1OC. The number of ether oxygens (including phenoxy) is 2. The quantitative estimate of drug-likeness (QED) is 0.828. The van der Waals surface area contributed by atoms with Crippen LogP contribution in [-0.2, 0) is 12.0 Å². The number of nitrogens with one attached hydrogen (secondary N) is 1. The van der Waals surface area contributed by atoms with Gasteiger partial charge in [-0.05, 0) is 43.4 Å². The van der Waals surface area contributed by atoms with Gasteiger partial charge in [-0.25, -0.2) is 4.98 Å². The third kappa shape index (κ3) is 3.57. The Hall–Kier alpha value is -2.01. The van der Waals surface area contributed by atoms with Gasteiger partial charge < -0.3 is 19.4 Å². The number of hydrogen-bond donors (Lipinski definition) is 1. The third-order valence-corrected chi connectivity index (χ3v) is 6.44. The molecule has 0 saturated heterocycles. The van der Waals surface area contributed by atoms with Crippen molar-refractivity contribution in [2.75, 3.05) is 20.8 Å². The molecule has 0 amide bonds. The van der Waals surface area contributed by atoms with Gasteiger partial charge in [-0.15, -0.1) is 0 Å². The van der Waals surface area contributed by atoms with Gasteiger partial charge in [-0.3, -0.25) is 0 Å². The number of aromatic nitrogens is 2. The summed E-state index contributed by atoms with van der Waals surface area (Å²) in [6.45, 7) is 2.08. The largest absolute Gasteiger partial charge is 0.493 e. The monoisotopic (exact) mass is 369 g/mol. The minimum atomic E-state index is 0.159. The second-order valence-electron chi connectivity index (χ2n) is 7.97. The van der Waals surface area contributed by atoms with Gasteiger partial charge in [0.25, 0.3) is 0 Å². The molecule has 0 radical (unpaired) electrons. The van der Waals surface area contributed by atoms with Crippen molar-refractivity contribution in [3.8, 4) is 11.5 Å². The summed E-state index contributed by atoms with van der Waals surface area (Å²) in [6.07, 6.45) is 12.8. The summed E-state index contributed by atoms with van der Waals surface area (Å²) in [5.41, 5.74) is 1.53. The van der Waals surface area contributed by atoms with E-state index in [1.807, 2.05) is 6.20 Å². The van der Waals surface area contributed by atoms with Crippen LogP contribution in [-0.4, -0.2) is 30.3 Å². The molecule has 1 atom stereocenters. The summed E-state index contributed by atoms with van der Waals surface area (Å²) in [4.78, 5) is 4.61. The average Bonchev–Trinajstić information content (AvgIpc) is 3.22. The van der Waals surface area contributed by atoms with E-state index in [4.69, 9.17) is 9.47 Å². The fraction of sp³-hybridized carbons (Fsp3) is 0.591. The third-order valence-electron chi connectivity index (χ3n) is 6.44. The average molecular weight is 370 g/mol. The summed E-state index contributed by atoms with van der Waals surface area (Å²) in [6, 6.07) is 6.83. The first-order valence-corrected chi connectivity index (χ1v) is 10.2. The zero-order valence-electron chi connectivity index (χ0n) is 16.5. The van der Waals surface area contributed by atoms with E-state index in [-0.39, 0.29) is 5.41 Å².